The maximum atomic E-state index is 13.8. The number of sulfone groups is 1. The molecule has 0 spiro atoms. The van der Waals surface area contributed by atoms with E-state index in [0.29, 0.717) is 24.4 Å². The minimum absolute atomic E-state index is 0.267. The molecular weight excluding hydrogens is 378 g/mol. The van der Waals surface area contributed by atoms with Crippen molar-refractivity contribution in [2.24, 2.45) is 0 Å². The molecule has 1 heterocycles. The summed E-state index contributed by atoms with van der Waals surface area (Å²) in [5.74, 6) is 0.534. The van der Waals surface area contributed by atoms with E-state index in [1.807, 2.05) is 12.1 Å². The van der Waals surface area contributed by atoms with Gasteiger partial charge in [0.2, 0.25) is 0 Å². The minimum atomic E-state index is -3.73. The van der Waals surface area contributed by atoms with Gasteiger partial charge in [0.15, 0.2) is 9.84 Å². The van der Waals surface area contributed by atoms with Gasteiger partial charge in [-0.1, -0.05) is 36.4 Å². The van der Waals surface area contributed by atoms with Crippen LogP contribution in [-0.4, -0.2) is 46.2 Å². The van der Waals surface area contributed by atoms with E-state index in [2.05, 4.69) is 0 Å². The summed E-state index contributed by atoms with van der Waals surface area (Å²) in [6.45, 7) is 2.63. The fraction of sp³-hybridized carbons (Fsp3) is 0.381. The Bertz CT molecular complexity index is 919. The Kier molecular flexibility index (Phi) is 5.93. The Balaban J connectivity index is 2.08. The van der Waals surface area contributed by atoms with Crippen LogP contribution in [0.2, 0.25) is 0 Å². The van der Waals surface area contributed by atoms with Crippen molar-refractivity contribution < 1.29 is 22.7 Å². The van der Waals surface area contributed by atoms with Gasteiger partial charge in [0.05, 0.1) is 18.6 Å². The molecule has 0 saturated carbocycles. The molecule has 2 aromatic rings. The summed E-state index contributed by atoms with van der Waals surface area (Å²) < 4.78 is 37.0. The molecule has 150 valence electrons. The number of likely N-dealkylation sites (tertiary alicyclic amines) is 1. The van der Waals surface area contributed by atoms with Gasteiger partial charge in [0, 0.05) is 18.7 Å². The van der Waals surface area contributed by atoms with Gasteiger partial charge in [-0.05, 0) is 38.0 Å². The molecule has 1 aliphatic heterocycles. The molecule has 1 fully saturated rings. The van der Waals surface area contributed by atoms with Gasteiger partial charge >= 0.3 is 6.09 Å². The number of carbonyl (C=O) groups is 1. The molecule has 0 bridgehead atoms. The number of methoxy groups -OCH3 is 1. The fourth-order valence-electron chi connectivity index (χ4n) is 3.79. The number of rotatable bonds is 5. The lowest BCUT2D eigenvalue weighted by molar-refractivity contribution is 0.0938. The molecule has 28 heavy (non-hydrogen) atoms. The average molecular weight is 404 g/mol. The normalized spacial score (nSPS) is 16.4. The number of hydrogen-bond donors (Lipinski definition) is 0. The summed E-state index contributed by atoms with van der Waals surface area (Å²) in [6.07, 6.45) is 0.126. The smallest absolute Gasteiger partial charge is 0.409 e. The molecule has 0 N–H and O–H groups in total. The van der Waals surface area contributed by atoms with E-state index in [0.717, 1.165) is 0 Å². The van der Waals surface area contributed by atoms with Crippen LogP contribution in [0, 0.1) is 0 Å². The zero-order chi connectivity index (χ0) is 20.2. The lowest BCUT2D eigenvalue weighted by atomic mass is 9.87. The standard InChI is InChI=1S/C21H25NO5S/c1-3-27-20(23)22-15-13-21(14-16-22,18-11-7-8-12-19(18)26-2)28(24,25)17-9-5-4-6-10-17/h4-12H,3,13-16H2,1-2H3. The van der Waals surface area contributed by atoms with E-state index >= 15 is 0 Å². The van der Waals surface area contributed by atoms with E-state index in [1.165, 1.54) is 7.11 Å². The van der Waals surface area contributed by atoms with Gasteiger partial charge in [-0.2, -0.15) is 0 Å². The minimum Gasteiger partial charge on any atom is -0.496 e. The summed E-state index contributed by atoms with van der Waals surface area (Å²) in [5.41, 5.74) is 0.630. The number of hydrogen-bond acceptors (Lipinski definition) is 5. The van der Waals surface area contributed by atoms with Crippen molar-refractivity contribution in [1.29, 1.82) is 0 Å². The molecule has 0 atom stereocenters. The summed E-state index contributed by atoms with van der Waals surface area (Å²) in [4.78, 5) is 14.0. The van der Waals surface area contributed by atoms with Crippen LogP contribution in [0.3, 0.4) is 0 Å². The monoisotopic (exact) mass is 403 g/mol. The van der Waals surface area contributed by atoms with Crippen LogP contribution in [-0.2, 0) is 19.3 Å². The molecule has 0 radical (unpaired) electrons. The second-order valence-electron chi connectivity index (χ2n) is 6.70. The van der Waals surface area contributed by atoms with Crippen molar-refractivity contribution >= 4 is 15.9 Å². The topological polar surface area (TPSA) is 72.9 Å². The van der Waals surface area contributed by atoms with Gasteiger partial charge in [0.1, 0.15) is 10.5 Å². The van der Waals surface area contributed by atoms with Gasteiger partial charge < -0.3 is 14.4 Å². The molecule has 2 aromatic carbocycles. The Labute approximate surface area is 166 Å². The third-order valence-electron chi connectivity index (χ3n) is 5.26. The lowest BCUT2D eigenvalue weighted by Crippen LogP contribution is -2.49. The van der Waals surface area contributed by atoms with Crippen LogP contribution in [0.4, 0.5) is 4.79 Å². The molecule has 0 aromatic heterocycles. The van der Waals surface area contributed by atoms with E-state index < -0.39 is 20.7 Å². The van der Waals surface area contributed by atoms with Crippen LogP contribution in [0.25, 0.3) is 0 Å². The highest BCUT2D eigenvalue weighted by Crippen LogP contribution is 2.47. The molecule has 3 rings (SSSR count). The van der Waals surface area contributed by atoms with Gasteiger partial charge in [0.25, 0.3) is 0 Å². The number of amides is 1. The zero-order valence-corrected chi connectivity index (χ0v) is 16.9. The van der Waals surface area contributed by atoms with E-state index in [-0.39, 0.29) is 24.3 Å². The van der Waals surface area contributed by atoms with Gasteiger partial charge in [-0.25, -0.2) is 13.2 Å². The summed E-state index contributed by atoms with van der Waals surface area (Å²) in [6, 6.07) is 15.7. The van der Waals surface area contributed by atoms with Crippen LogP contribution >= 0.6 is 0 Å². The van der Waals surface area contributed by atoms with Gasteiger partial charge in [-0.3, -0.25) is 0 Å². The third kappa shape index (κ3) is 3.46. The third-order valence-corrected chi connectivity index (χ3v) is 7.81. The quantitative estimate of drug-likeness (QED) is 0.762. The number of ether oxygens (including phenoxy) is 2. The maximum absolute atomic E-state index is 13.8. The Morgan fingerprint density at radius 3 is 2.25 bits per heavy atom. The first-order valence-electron chi connectivity index (χ1n) is 9.31. The van der Waals surface area contributed by atoms with Crippen molar-refractivity contribution in [2.45, 2.75) is 29.4 Å². The first-order chi connectivity index (χ1) is 13.5. The number of benzene rings is 2. The second kappa shape index (κ2) is 8.22. The van der Waals surface area contributed by atoms with E-state index in [9.17, 15) is 13.2 Å². The van der Waals surface area contributed by atoms with Crippen molar-refractivity contribution in [3.05, 3.63) is 60.2 Å². The predicted octanol–water partition coefficient (Wildman–Crippen LogP) is 3.62. The van der Waals surface area contributed by atoms with Crippen molar-refractivity contribution in [2.75, 3.05) is 26.8 Å². The van der Waals surface area contributed by atoms with Crippen LogP contribution < -0.4 is 4.74 Å². The fourth-order valence-corrected chi connectivity index (χ4v) is 5.94. The van der Waals surface area contributed by atoms with Crippen LogP contribution in [0.15, 0.2) is 59.5 Å². The highest BCUT2D eigenvalue weighted by Gasteiger charge is 2.50. The number of nitrogens with zero attached hydrogens (tertiary/aromatic N) is 1. The molecule has 6 nitrogen and oxygen atoms in total. The molecule has 0 aliphatic carbocycles. The number of carbonyl (C=O) groups excluding carboxylic acids is 1. The first-order valence-corrected chi connectivity index (χ1v) is 10.8. The first kappa shape index (κ1) is 20.2. The molecule has 0 unspecified atom stereocenters. The molecule has 7 heteroatoms. The molecular formula is C21H25NO5S. The second-order valence-corrected chi connectivity index (χ2v) is 8.96. The largest absolute Gasteiger partial charge is 0.496 e. The summed E-state index contributed by atoms with van der Waals surface area (Å²) >= 11 is 0. The highest BCUT2D eigenvalue weighted by atomic mass is 32.2. The van der Waals surface area contributed by atoms with Gasteiger partial charge in [-0.15, -0.1) is 0 Å². The summed E-state index contributed by atoms with van der Waals surface area (Å²) in [5, 5.41) is 0. The molecule has 1 aliphatic rings. The van der Waals surface area contributed by atoms with Crippen molar-refractivity contribution in [1.82, 2.24) is 4.90 Å². The Morgan fingerprint density at radius 1 is 1.04 bits per heavy atom. The Morgan fingerprint density at radius 2 is 1.64 bits per heavy atom. The molecule has 1 saturated heterocycles. The lowest BCUT2D eigenvalue weighted by Gasteiger charge is -2.41. The predicted molar refractivity (Wildman–Crippen MR) is 106 cm³/mol. The summed E-state index contributed by atoms with van der Waals surface area (Å²) in [7, 11) is -2.19. The van der Waals surface area contributed by atoms with Crippen LogP contribution in [0.5, 0.6) is 5.75 Å². The average Bonchev–Trinajstić information content (AvgIpc) is 2.74. The van der Waals surface area contributed by atoms with Crippen molar-refractivity contribution in [3.8, 4) is 5.75 Å². The Hall–Kier alpha value is -2.54. The zero-order valence-electron chi connectivity index (χ0n) is 16.1. The van der Waals surface area contributed by atoms with Crippen LogP contribution in [0.1, 0.15) is 25.3 Å². The number of piperidine rings is 1. The van der Waals surface area contributed by atoms with E-state index in [1.54, 1.807) is 54.3 Å². The van der Waals surface area contributed by atoms with Crippen molar-refractivity contribution in [3.63, 3.8) is 0 Å². The SMILES string of the molecule is CCOC(=O)N1CCC(c2ccccc2OC)(S(=O)(=O)c2ccccc2)CC1. The molecule has 1 amide bonds. The van der Waals surface area contributed by atoms with E-state index in [4.69, 9.17) is 9.47 Å². The maximum Gasteiger partial charge on any atom is 0.409 e. The highest BCUT2D eigenvalue weighted by molar-refractivity contribution is 7.92. The number of para-hydroxylation sites is 1.